The summed E-state index contributed by atoms with van der Waals surface area (Å²) in [5.74, 6) is -7.66. The molecule has 1 saturated heterocycles. The topological polar surface area (TPSA) is 176 Å². The molecule has 2 unspecified atom stereocenters. The molecular weight excluding hydrogens is 610 g/mol. The first kappa shape index (κ1) is 33.6. The smallest absolute Gasteiger partial charge is 0.409 e. The summed E-state index contributed by atoms with van der Waals surface area (Å²) in [6.45, 7) is 3.65. The van der Waals surface area contributed by atoms with Crippen molar-refractivity contribution in [2.24, 2.45) is 5.92 Å². The van der Waals surface area contributed by atoms with Crippen molar-refractivity contribution in [3.05, 3.63) is 70.9 Å². The number of pyridine rings is 1. The maximum atomic E-state index is 14.5. The van der Waals surface area contributed by atoms with E-state index < -0.39 is 53.5 Å². The zero-order valence-corrected chi connectivity index (χ0v) is 25.0. The largest absolute Gasteiger partial charge is 0.481 e. The average Bonchev–Trinajstić information content (AvgIpc) is 3.02. The van der Waals surface area contributed by atoms with E-state index in [0.29, 0.717) is 0 Å². The predicted octanol–water partition coefficient (Wildman–Crippen LogP) is 3.15. The van der Waals surface area contributed by atoms with E-state index in [9.17, 15) is 43.0 Å². The number of hydrogen-bond donors (Lipinski definition) is 3. The first-order chi connectivity index (χ1) is 21.9. The maximum Gasteiger partial charge on any atom is 0.409 e. The first-order valence-corrected chi connectivity index (χ1v) is 14.4. The Kier molecular flexibility index (Phi) is 10.7. The number of nitrogens with zero attached hydrogens (tertiary/aromatic N) is 3. The van der Waals surface area contributed by atoms with Crippen LogP contribution in [0.4, 0.5) is 13.6 Å². The molecule has 0 bridgehead atoms. The summed E-state index contributed by atoms with van der Waals surface area (Å²) in [5, 5.41) is 22.1. The van der Waals surface area contributed by atoms with Crippen molar-refractivity contribution < 1.29 is 52.4 Å². The number of aryl methyl sites for hydroxylation is 1. The van der Waals surface area contributed by atoms with Gasteiger partial charge in [0, 0.05) is 49.7 Å². The number of halogens is 2. The quantitative estimate of drug-likeness (QED) is 0.264. The molecule has 0 radical (unpaired) electrons. The van der Waals surface area contributed by atoms with Gasteiger partial charge in [-0.05, 0) is 44.0 Å². The number of aromatic nitrogens is 1. The first-order valence-electron chi connectivity index (χ1n) is 14.4. The van der Waals surface area contributed by atoms with Gasteiger partial charge in [-0.15, -0.1) is 0 Å². The molecular formula is C31H32F2N4O9. The molecule has 1 fully saturated rings. The van der Waals surface area contributed by atoms with E-state index in [1.54, 1.807) is 6.92 Å². The van der Waals surface area contributed by atoms with Gasteiger partial charge in [0.25, 0.3) is 5.91 Å². The number of carboxylic acids is 2. The third-order valence-electron chi connectivity index (χ3n) is 7.37. The molecule has 2 aromatic carbocycles. The molecule has 0 saturated carbocycles. The minimum Gasteiger partial charge on any atom is -0.481 e. The number of nitrogens with one attached hydrogen (secondary N) is 1. The van der Waals surface area contributed by atoms with E-state index in [-0.39, 0.29) is 79.2 Å². The number of aliphatic carboxylic acids is 2. The Balaban J connectivity index is 1.50. The third kappa shape index (κ3) is 7.65. The van der Waals surface area contributed by atoms with Gasteiger partial charge in [-0.1, -0.05) is 18.2 Å². The number of amides is 3. The van der Waals surface area contributed by atoms with Crippen LogP contribution in [0.5, 0.6) is 5.75 Å². The molecule has 2 heterocycles. The van der Waals surface area contributed by atoms with Crippen molar-refractivity contribution in [1.82, 2.24) is 20.1 Å². The van der Waals surface area contributed by atoms with E-state index in [4.69, 9.17) is 9.47 Å². The second kappa shape index (κ2) is 14.6. The summed E-state index contributed by atoms with van der Waals surface area (Å²) in [7, 11) is 0. The number of fused-ring (bicyclic) bond motifs is 1. The Hall–Kier alpha value is -5.34. The number of benzene rings is 2. The van der Waals surface area contributed by atoms with E-state index in [0.717, 1.165) is 18.2 Å². The van der Waals surface area contributed by atoms with Gasteiger partial charge >= 0.3 is 18.0 Å². The molecule has 1 aliphatic heterocycles. The zero-order valence-electron chi connectivity index (χ0n) is 25.0. The van der Waals surface area contributed by atoms with Crippen LogP contribution in [0, 0.1) is 24.5 Å². The predicted molar refractivity (Wildman–Crippen MR) is 157 cm³/mol. The summed E-state index contributed by atoms with van der Waals surface area (Å²) >= 11 is 0. The van der Waals surface area contributed by atoms with Gasteiger partial charge in [0.1, 0.15) is 29.0 Å². The fourth-order valence-corrected chi connectivity index (χ4v) is 4.91. The maximum absolute atomic E-state index is 14.5. The number of carbonyl (C=O) groups excluding carboxylic acids is 3. The summed E-state index contributed by atoms with van der Waals surface area (Å²) in [6.07, 6.45) is -2.64. The molecule has 0 spiro atoms. The minimum absolute atomic E-state index is 0.0295. The number of ether oxygens (including phenoxy) is 2. The van der Waals surface area contributed by atoms with Gasteiger partial charge in [0.2, 0.25) is 12.0 Å². The van der Waals surface area contributed by atoms with Gasteiger partial charge in [-0.3, -0.25) is 14.4 Å². The van der Waals surface area contributed by atoms with E-state index in [2.05, 4.69) is 10.3 Å². The monoisotopic (exact) mass is 642 g/mol. The molecule has 15 heteroatoms. The Morgan fingerprint density at radius 1 is 0.957 bits per heavy atom. The third-order valence-corrected chi connectivity index (χ3v) is 7.37. The molecule has 3 N–H and O–H groups in total. The van der Waals surface area contributed by atoms with Crippen molar-refractivity contribution in [3.63, 3.8) is 0 Å². The summed E-state index contributed by atoms with van der Waals surface area (Å²) in [5.41, 5.74) is -0.317. The van der Waals surface area contributed by atoms with Gasteiger partial charge in [0.05, 0.1) is 12.1 Å². The summed E-state index contributed by atoms with van der Waals surface area (Å²) < 4.78 is 39.6. The van der Waals surface area contributed by atoms with Crippen LogP contribution in [-0.4, -0.2) is 94.2 Å². The highest BCUT2D eigenvalue weighted by Crippen LogP contribution is 2.32. The van der Waals surface area contributed by atoms with Crippen molar-refractivity contribution in [2.75, 3.05) is 39.3 Å². The molecule has 4 rings (SSSR count). The number of piperazine rings is 1. The Bertz CT molecular complexity index is 1660. The van der Waals surface area contributed by atoms with Crippen LogP contribution in [0.3, 0.4) is 0 Å². The fraction of sp³-hybridized carbons (Fsp3) is 0.355. The second-order valence-electron chi connectivity index (χ2n) is 10.4. The van der Waals surface area contributed by atoms with Crippen LogP contribution >= 0.6 is 0 Å². The fourth-order valence-electron chi connectivity index (χ4n) is 4.91. The lowest BCUT2D eigenvalue weighted by Gasteiger charge is -2.35. The zero-order chi connectivity index (χ0) is 33.5. The standard InChI is InChI=1S/C31H32F2N4O9/c1-3-45-31(44)37-12-10-36(11-13-37)28(39)19(29(40)41)8-9-34-27(38)24-16-25(20-15-22(33)17(2)14-23(20)35-24)46-26(30(42)43)18-6-4-5-7-21(18)32/h4-7,14-16,19,26H,3,8-13H2,1-2H3,(H,34,38)(H,40,41)(H,42,43). The highest BCUT2D eigenvalue weighted by Gasteiger charge is 2.33. The van der Waals surface area contributed by atoms with Crippen molar-refractivity contribution >= 4 is 40.7 Å². The number of hydrogen-bond acceptors (Lipinski definition) is 8. The highest BCUT2D eigenvalue weighted by atomic mass is 19.1. The summed E-state index contributed by atoms with van der Waals surface area (Å²) in [6, 6.07) is 8.53. The molecule has 1 aromatic heterocycles. The van der Waals surface area contributed by atoms with Gasteiger partial charge < -0.3 is 34.8 Å². The van der Waals surface area contributed by atoms with Crippen LogP contribution in [0.15, 0.2) is 42.5 Å². The lowest BCUT2D eigenvalue weighted by molar-refractivity contribution is -0.152. The Labute approximate surface area is 261 Å². The number of carboxylic acid groups (broad SMARTS) is 2. The molecule has 3 amide bonds. The number of rotatable bonds is 11. The minimum atomic E-state index is -1.85. The Morgan fingerprint density at radius 3 is 2.26 bits per heavy atom. The molecule has 244 valence electrons. The van der Waals surface area contributed by atoms with Crippen LogP contribution in [-0.2, 0) is 19.1 Å². The molecule has 0 aliphatic carbocycles. The highest BCUT2D eigenvalue weighted by molar-refractivity contribution is 5.98. The van der Waals surface area contributed by atoms with Crippen molar-refractivity contribution in [3.8, 4) is 5.75 Å². The van der Waals surface area contributed by atoms with Gasteiger partial charge in [0.15, 0.2) is 0 Å². The van der Waals surface area contributed by atoms with E-state index in [1.165, 1.54) is 41.0 Å². The van der Waals surface area contributed by atoms with Crippen LogP contribution < -0.4 is 10.1 Å². The van der Waals surface area contributed by atoms with Crippen LogP contribution in [0.1, 0.15) is 41.1 Å². The van der Waals surface area contributed by atoms with Gasteiger partial charge in [-0.25, -0.2) is 23.4 Å². The van der Waals surface area contributed by atoms with E-state index in [1.807, 2.05) is 0 Å². The normalized spacial score (nSPS) is 14.3. The summed E-state index contributed by atoms with van der Waals surface area (Å²) in [4.78, 5) is 69.1. The van der Waals surface area contributed by atoms with Crippen molar-refractivity contribution in [2.45, 2.75) is 26.4 Å². The second-order valence-corrected chi connectivity index (χ2v) is 10.4. The van der Waals surface area contributed by atoms with E-state index >= 15 is 0 Å². The molecule has 1 aliphatic rings. The molecule has 46 heavy (non-hydrogen) atoms. The SMILES string of the molecule is CCOC(=O)N1CCN(C(=O)C(CCNC(=O)c2cc(OC(C(=O)O)c3ccccc3F)c3cc(F)c(C)cc3n2)C(=O)O)CC1. The molecule has 3 aromatic rings. The molecule has 13 nitrogen and oxygen atoms in total. The molecule has 2 atom stereocenters. The average molecular weight is 643 g/mol. The van der Waals surface area contributed by atoms with Crippen LogP contribution in [0.2, 0.25) is 0 Å². The number of carbonyl (C=O) groups is 5. The lowest BCUT2D eigenvalue weighted by atomic mass is 10.0. The lowest BCUT2D eigenvalue weighted by Crippen LogP contribution is -2.53. The van der Waals surface area contributed by atoms with Crippen LogP contribution in [0.25, 0.3) is 10.9 Å². The van der Waals surface area contributed by atoms with Crippen molar-refractivity contribution in [1.29, 1.82) is 0 Å². The Morgan fingerprint density at radius 2 is 1.63 bits per heavy atom. The van der Waals surface area contributed by atoms with Gasteiger partial charge in [-0.2, -0.15) is 0 Å².